The molecule has 0 fully saturated rings. The maximum absolute atomic E-state index is 6.11. The van der Waals surface area contributed by atoms with Crippen LogP contribution in [0.2, 0.25) is 5.02 Å². The number of halogens is 2. The van der Waals surface area contributed by atoms with Gasteiger partial charge >= 0.3 is 0 Å². The van der Waals surface area contributed by atoms with Crippen LogP contribution in [0.3, 0.4) is 0 Å². The molecule has 5 heteroatoms. The van der Waals surface area contributed by atoms with E-state index >= 15 is 0 Å². The molecule has 128 valence electrons. The Hall–Kier alpha value is -1.62. The van der Waals surface area contributed by atoms with E-state index in [1.54, 1.807) is 18.9 Å². The first-order chi connectivity index (χ1) is 12.1. The van der Waals surface area contributed by atoms with E-state index in [1.165, 1.54) is 0 Å². The van der Waals surface area contributed by atoms with Gasteiger partial charge in [0.05, 0.1) is 7.11 Å². The maximum atomic E-state index is 6.11. The monoisotopic (exact) mass is 434 g/mol. The fourth-order valence-electron chi connectivity index (χ4n) is 2.29. The molecule has 0 saturated carbocycles. The highest BCUT2D eigenvalue weighted by atomic mass is 79.9. The van der Waals surface area contributed by atoms with Crippen LogP contribution in [-0.2, 0) is 6.61 Å². The Balaban J connectivity index is 1.74. The Labute approximate surface area is 165 Å². The number of hydrogen-bond donors (Lipinski definition) is 0. The summed E-state index contributed by atoms with van der Waals surface area (Å²) in [5.74, 6) is 1.44. The average Bonchev–Trinajstić information content (AvgIpc) is 2.60. The van der Waals surface area contributed by atoms with Crippen LogP contribution < -0.4 is 9.47 Å². The average molecular weight is 436 g/mol. The van der Waals surface area contributed by atoms with E-state index in [-0.39, 0.29) is 0 Å². The van der Waals surface area contributed by atoms with Gasteiger partial charge in [-0.15, -0.1) is 0 Å². The fraction of sp³-hybridized carbons (Fsp3) is 0.100. The van der Waals surface area contributed by atoms with Gasteiger partial charge < -0.3 is 9.47 Å². The van der Waals surface area contributed by atoms with Crippen molar-refractivity contribution >= 4 is 39.3 Å². The zero-order valence-electron chi connectivity index (χ0n) is 13.5. The van der Waals surface area contributed by atoms with Gasteiger partial charge in [0.1, 0.15) is 6.61 Å². The lowest BCUT2D eigenvalue weighted by Crippen LogP contribution is -1.97. The molecular weight excluding hydrogens is 420 g/mol. The zero-order valence-corrected chi connectivity index (χ0v) is 16.7. The Morgan fingerprint density at radius 1 is 0.920 bits per heavy atom. The largest absolute Gasteiger partial charge is 0.493 e. The second kappa shape index (κ2) is 8.65. The Morgan fingerprint density at radius 2 is 1.72 bits per heavy atom. The smallest absolute Gasteiger partial charge is 0.161 e. The fourth-order valence-corrected chi connectivity index (χ4v) is 4.31. The molecule has 0 aliphatic carbocycles. The molecule has 0 aliphatic heterocycles. The Morgan fingerprint density at radius 3 is 2.44 bits per heavy atom. The summed E-state index contributed by atoms with van der Waals surface area (Å²) in [6.45, 7) is 0.505. The second-order valence-electron chi connectivity index (χ2n) is 5.29. The summed E-state index contributed by atoms with van der Waals surface area (Å²) in [5.41, 5.74) is 1.12. The number of hydrogen-bond acceptors (Lipinski definition) is 3. The number of methoxy groups -OCH3 is 1. The number of benzene rings is 3. The molecule has 0 amide bonds. The molecule has 0 N–H and O–H groups in total. The predicted molar refractivity (Wildman–Crippen MR) is 107 cm³/mol. The van der Waals surface area contributed by atoms with Crippen molar-refractivity contribution in [3.63, 3.8) is 0 Å². The molecule has 0 aliphatic rings. The van der Waals surface area contributed by atoms with E-state index in [1.807, 2.05) is 66.7 Å². The topological polar surface area (TPSA) is 18.5 Å². The summed E-state index contributed by atoms with van der Waals surface area (Å²) in [6.07, 6.45) is 0. The van der Waals surface area contributed by atoms with Crippen LogP contribution in [0.5, 0.6) is 11.5 Å². The summed E-state index contributed by atoms with van der Waals surface area (Å²) in [5, 5.41) is 0.701. The third kappa shape index (κ3) is 5.18. The van der Waals surface area contributed by atoms with Gasteiger partial charge in [-0.25, -0.2) is 0 Å². The third-order valence-corrected chi connectivity index (χ3v) is 5.08. The zero-order chi connectivity index (χ0) is 17.6. The highest BCUT2D eigenvalue weighted by molar-refractivity contribution is 9.10. The minimum absolute atomic E-state index is 0.505. The summed E-state index contributed by atoms with van der Waals surface area (Å²) in [7, 11) is 1.65. The molecule has 25 heavy (non-hydrogen) atoms. The molecule has 0 unspecified atom stereocenters. The lowest BCUT2D eigenvalue weighted by atomic mass is 10.2. The van der Waals surface area contributed by atoms with Crippen molar-refractivity contribution in [1.82, 2.24) is 0 Å². The maximum Gasteiger partial charge on any atom is 0.161 e. The van der Waals surface area contributed by atoms with E-state index in [0.717, 1.165) is 25.6 Å². The molecule has 0 radical (unpaired) electrons. The van der Waals surface area contributed by atoms with Gasteiger partial charge in [0, 0.05) is 19.3 Å². The van der Waals surface area contributed by atoms with Crippen LogP contribution >= 0.6 is 39.3 Å². The van der Waals surface area contributed by atoms with Crippen LogP contribution in [0, 0.1) is 0 Å². The van der Waals surface area contributed by atoms with Gasteiger partial charge in [-0.05, 0) is 42.0 Å². The van der Waals surface area contributed by atoms with E-state index in [4.69, 9.17) is 21.1 Å². The Bertz CT molecular complexity index is 835. The van der Waals surface area contributed by atoms with E-state index in [9.17, 15) is 0 Å². The van der Waals surface area contributed by atoms with Crippen LogP contribution in [0.25, 0.3) is 0 Å². The molecule has 0 aromatic heterocycles. The van der Waals surface area contributed by atoms with Gasteiger partial charge in [-0.1, -0.05) is 69.6 Å². The normalized spacial score (nSPS) is 10.5. The molecule has 0 spiro atoms. The van der Waals surface area contributed by atoms with Crippen molar-refractivity contribution in [2.45, 2.75) is 16.4 Å². The summed E-state index contributed by atoms with van der Waals surface area (Å²) in [6, 6.07) is 21.8. The molecule has 3 rings (SSSR count). The van der Waals surface area contributed by atoms with Crippen LogP contribution in [0.4, 0.5) is 0 Å². The van der Waals surface area contributed by atoms with Crippen molar-refractivity contribution in [2.75, 3.05) is 7.11 Å². The number of ether oxygens (including phenoxy) is 2. The second-order valence-corrected chi connectivity index (χ2v) is 7.79. The van der Waals surface area contributed by atoms with E-state index in [0.29, 0.717) is 17.4 Å². The highest BCUT2D eigenvalue weighted by Gasteiger charge is 2.08. The SMILES string of the molecule is COc1cc(Sc2cc(Cl)cc(Br)c2)ccc1OCc1ccccc1. The van der Waals surface area contributed by atoms with Gasteiger partial charge in [-0.3, -0.25) is 0 Å². The van der Waals surface area contributed by atoms with Gasteiger partial charge in [0.2, 0.25) is 0 Å². The minimum Gasteiger partial charge on any atom is -0.493 e. The minimum atomic E-state index is 0.505. The molecule has 0 atom stereocenters. The quantitative estimate of drug-likeness (QED) is 0.422. The first kappa shape index (κ1) is 18.2. The summed E-state index contributed by atoms with van der Waals surface area (Å²) < 4.78 is 12.3. The molecule has 3 aromatic rings. The van der Waals surface area contributed by atoms with Crippen molar-refractivity contribution in [3.8, 4) is 11.5 Å². The van der Waals surface area contributed by atoms with Crippen LogP contribution in [0.15, 0.2) is 81.0 Å². The van der Waals surface area contributed by atoms with Crippen molar-refractivity contribution < 1.29 is 9.47 Å². The summed E-state index contributed by atoms with van der Waals surface area (Å²) >= 11 is 11.2. The van der Waals surface area contributed by atoms with Gasteiger partial charge in [-0.2, -0.15) is 0 Å². The van der Waals surface area contributed by atoms with Crippen molar-refractivity contribution in [2.24, 2.45) is 0 Å². The van der Waals surface area contributed by atoms with Crippen LogP contribution in [0.1, 0.15) is 5.56 Å². The Kier molecular flexibility index (Phi) is 6.29. The third-order valence-electron chi connectivity index (χ3n) is 3.44. The molecular formula is C20H16BrClO2S. The van der Waals surface area contributed by atoms with E-state index < -0.39 is 0 Å². The molecule has 3 aromatic carbocycles. The van der Waals surface area contributed by atoms with Gasteiger partial charge in [0.15, 0.2) is 11.5 Å². The summed E-state index contributed by atoms with van der Waals surface area (Å²) in [4.78, 5) is 2.11. The molecule has 0 saturated heterocycles. The number of rotatable bonds is 6. The lowest BCUT2D eigenvalue weighted by Gasteiger charge is -2.12. The van der Waals surface area contributed by atoms with Crippen molar-refractivity contribution in [1.29, 1.82) is 0 Å². The van der Waals surface area contributed by atoms with Gasteiger partial charge in [0.25, 0.3) is 0 Å². The highest BCUT2D eigenvalue weighted by Crippen LogP contribution is 2.37. The lowest BCUT2D eigenvalue weighted by molar-refractivity contribution is 0.284. The molecule has 0 heterocycles. The first-order valence-corrected chi connectivity index (χ1v) is 9.61. The predicted octanol–water partition coefficient (Wildman–Crippen LogP) is 6.84. The first-order valence-electron chi connectivity index (χ1n) is 7.63. The molecule has 2 nitrogen and oxygen atoms in total. The molecule has 0 bridgehead atoms. The van der Waals surface area contributed by atoms with E-state index in [2.05, 4.69) is 15.9 Å². The van der Waals surface area contributed by atoms with Crippen LogP contribution in [-0.4, -0.2) is 7.11 Å². The van der Waals surface area contributed by atoms with Crippen molar-refractivity contribution in [3.05, 3.63) is 81.8 Å². The standard InChI is InChI=1S/C20H16BrClO2S/c1-23-20-12-17(25-18-10-15(21)9-16(22)11-18)7-8-19(20)24-13-14-5-3-2-4-6-14/h2-12H,13H2,1H3.